The second kappa shape index (κ2) is 6.58. The van der Waals surface area contributed by atoms with Gasteiger partial charge in [0.15, 0.2) is 0 Å². The van der Waals surface area contributed by atoms with Crippen molar-refractivity contribution < 1.29 is 6.21 Å². The number of aryl methyl sites for hydroxylation is 1. The maximum absolute atomic E-state index is 12.3. The summed E-state index contributed by atoms with van der Waals surface area (Å²) in [6.45, 7) is 4.67. The number of amides is 1. The lowest BCUT2D eigenvalue weighted by molar-refractivity contribution is -0.123. The first-order valence-corrected chi connectivity index (χ1v) is 8.50. The van der Waals surface area contributed by atoms with E-state index < -0.39 is 0 Å². The highest BCUT2D eigenvalue weighted by Gasteiger charge is 2.23. The normalized spacial score (nSPS) is 20.6. The van der Waals surface area contributed by atoms with Crippen molar-refractivity contribution in [1.82, 2.24) is 15.6 Å². The largest absolute Gasteiger partial charge is 0.348 e. The van der Waals surface area contributed by atoms with Gasteiger partial charge in [0.1, 0.15) is 1.41 Å². The van der Waals surface area contributed by atoms with Crippen molar-refractivity contribution in [2.45, 2.75) is 38.8 Å². The van der Waals surface area contributed by atoms with Crippen LogP contribution in [-0.2, 0) is 4.79 Å². The zero-order valence-corrected chi connectivity index (χ0v) is 13.7. The van der Waals surface area contributed by atoms with Crippen molar-refractivity contribution in [1.29, 1.82) is 0 Å². The van der Waals surface area contributed by atoms with Crippen LogP contribution in [0.2, 0.25) is 1.41 Å². The van der Waals surface area contributed by atoms with Crippen LogP contribution < -0.4 is 10.6 Å². The smallest absolute Gasteiger partial charge is 0.237 e. The molecule has 2 atom stereocenters. The third kappa shape index (κ3) is 3.20. The van der Waals surface area contributed by atoms with E-state index in [2.05, 4.69) is 22.4 Å². The highest BCUT2D eigenvalue weighted by Crippen LogP contribution is 2.28. The highest BCUT2D eigenvalue weighted by atomic mass is 32.1. The van der Waals surface area contributed by atoms with E-state index in [1.54, 1.807) is 11.3 Å². The zero-order chi connectivity index (χ0) is 16.4. The van der Waals surface area contributed by atoms with E-state index in [1.807, 2.05) is 31.5 Å². The Balaban J connectivity index is 1.67. The number of hydrogen-bond acceptors (Lipinski definition) is 4. The minimum atomic E-state index is -0.309. The second-order valence-electron chi connectivity index (χ2n) is 5.68. The standard InChI is InChI=1S/C17H21N3OS/c1-11(20-17(21)15-4-3-9-18-15)13-5-7-14(8-6-13)16-12(2)19-10-22-16/h5-8,10-11,15,18H,3-4,9H2,1-2H3,(H,20,21)/t11-,15?/m0/s1/i/hD. The Hall–Kier alpha value is -1.72. The van der Waals surface area contributed by atoms with Crippen LogP contribution in [-0.4, -0.2) is 23.5 Å². The van der Waals surface area contributed by atoms with E-state index in [0.29, 0.717) is 6.54 Å². The van der Waals surface area contributed by atoms with E-state index >= 15 is 0 Å². The first-order chi connectivity index (χ1) is 11.1. The van der Waals surface area contributed by atoms with Crippen LogP contribution in [0.5, 0.6) is 0 Å². The summed E-state index contributed by atoms with van der Waals surface area (Å²) < 4.78 is 7.76. The summed E-state index contributed by atoms with van der Waals surface area (Å²) in [5.41, 5.74) is 5.12. The average Bonchev–Trinajstić information content (AvgIpc) is 3.15. The Labute approximate surface area is 136 Å². The molecular formula is C17H21N3OS. The van der Waals surface area contributed by atoms with Crippen LogP contribution in [0.3, 0.4) is 0 Å². The van der Waals surface area contributed by atoms with Gasteiger partial charge < -0.3 is 10.6 Å². The topological polar surface area (TPSA) is 54.0 Å². The van der Waals surface area contributed by atoms with Gasteiger partial charge in [-0.3, -0.25) is 4.79 Å². The molecule has 22 heavy (non-hydrogen) atoms. The fraction of sp³-hybridized carbons (Fsp3) is 0.412. The van der Waals surface area contributed by atoms with Gasteiger partial charge in [-0.25, -0.2) is 4.98 Å². The van der Waals surface area contributed by atoms with Crippen molar-refractivity contribution in [2.24, 2.45) is 0 Å². The molecule has 0 aliphatic carbocycles. The molecule has 1 fully saturated rings. The SMILES string of the molecule is [2H]N1CCCC1C(=O)N[C@@H](C)c1ccc(-c2scnc2C)cc1. The molecule has 1 aliphatic rings. The van der Waals surface area contributed by atoms with E-state index in [4.69, 9.17) is 1.41 Å². The van der Waals surface area contributed by atoms with Gasteiger partial charge >= 0.3 is 0 Å². The molecule has 0 spiro atoms. The Morgan fingerprint density at radius 3 is 2.86 bits per heavy atom. The molecule has 116 valence electrons. The van der Waals surface area contributed by atoms with Crippen LogP contribution in [0, 0.1) is 6.92 Å². The molecule has 0 bridgehead atoms. The molecule has 1 aromatic heterocycles. The van der Waals surface area contributed by atoms with Gasteiger partial charge in [0.25, 0.3) is 0 Å². The van der Waals surface area contributed by atoms with Crippen molar-refractivity contribution in [3.05, 3.63) is 41.0 Å². The number of nitrogens with zero attached hydrogens (tertiary/aromatic N) is 1. The van der Waals surface area contributed by atoms with E-state index in [0.717, 1.165) is 29.7 Å². The molecule has 1 aliphatic heterocycles. The number of carbonyl (C=O) groups is 1. The number of thiazole rings is 1. The summed E-state index contributed by atoms with van der Waals surface area (Å²) in [7, 11) is 0. The zero-order valence-electron chi connectivity index (χ0n) is 13.9. The van der Waals surface area contributed by atoms with E-state index in [1.165, 1.54) is 10.2 Å². The number of benzene rings is 1. The van der Waals surface area contributed by atoms with Crippen LogP contribution in [0.4, 0.5) is 0 Å². The highest BCUT2D eigenvalue weighted by molar-refractivity contribution is 7.13. The molecule has 0 saturated carbocycles. The van der Waals surface area contributed by atoms with Crippen molar-refractivity contribution >= 4 is 17.2 Å². The maximum Gasteiger partial charge on any atom is 0.237 e. The number of hydrogen-bond donors (Lipinski definition) is 2. The summed E-state index contributed by atoms with van der Waals surface area (Å²) in [6, 6.07) is 7.87. The molecule has 5 heteroatoms. The van der Waals surface area contributed by atoms with Gasteiger partial charge in [0.05, 0.1) is 28.2 Å². The fourth-order valence-corrected chi connectivity index (χ4v) is 3.54. The van der Waals surface area contributed by atoms with Gasteiger partial charge in [-0.15, -0.1) is 11.3 Å². The van der Waals surface area contributed by atoms with Crippen LogP contribution >= 0.6 is 11.3 Å². The lowest BCUT2D eigenvalue weighted by Gasteiger charge is -2.18. The molecule has 0 radical (unpaired) electrons. The number of nitrogens with one attached hydrogen (secondary N) is 2. The predicted octanol–water partition coefficient (Wildman–Crippen LogP) is 3.05. The summed E-state index contributed by atoms with van der Waals surface area (Å²) in [4.78, 5) is 17.7. The number of rotatable bonds is 4. The van der Waals surface area contributed by atoms with E-state index in [9.17, 15) is 4.79 Å². The summed E-state index contributed by atoms with van der Waals surface area (Å²) in [5.74, 6) is -0.0487. The minimum absolute atomic E-state index is 0.0487. The van der Waals surface area contributed by atoms with Crippen LogP contribution in [0.15, 0.2) is 29.8 Å². The lowest BCUT2D eigenvalue weighted by Crippen LogP contribution is -2.41. The van der Waals surface area contributed by atoms with Crippen molar-refractivity contribution in [3.63, 3.8) is 0 Å². The molecule has 2 heterocycles. The second-order valence-corrected chi connectivity index (χ2v) is 6.54. The summed E-state index contributed by atoms with van der Waals surface area (Å²) in [5, 5.41) is 4.41. The number of aromatic nitrogens is 1. The Bertz CT molecular complexity index is 685. The Morgan fingerprint density at radius 1 is 1.50 bits per heavy atom. The fourth-order valence-electron chi connectivity index (χ4n) is 2.73. The van der Waals surface area contributed by atoms with Gasteiger partial charge in [-0.1, -0.05) is 24.3 Å². The molecule has 1 unspecified atom stereocenters. The van der Waals surface area contributed by atoms with Gasteiger partial charge in [-0.05, 0) is 44.4 Å². The van der Waals surface area contributed by atoms with Gasteiger partial charge in [0.2, 0.25) is 5.91 Å². The summed E-state index contributed by atoms with van der Waals surface area (Å²) >= 11 is 1.64. The van der Waals surface area contributed by atoms with Crippen LogP contribution in [0.1, 0.15) is 37.1 Å². The average molecular weight is 316 g/mol. The quantitative estimate of drug-likeness (QED) is 0.911. The van der Waals surface area contributed by atoms with Crippen molar-refractivity contribution in [3.8, 4) is 10.4 Å². The molecule has 2 aromatic rings. The minimum Gasteiger partial charge on any atom is -0.348 e. The Morgan fingerprint density at radius 2 is 2.27 bits per heavy atom. The van der Waals surface area contributed by atoms with Crippen molar-refractivity contribution in [2.75, 3.05) is 6.54 Å². The number of carbonyl (C=O) groups excluding carboxylic acids is 1. The first kappa shape index (κ1) is 13.9. The molecule has 1 aromatic carbocycles. The molecule has 3 rings (SSSR count). The summed E-state index contributed by atoms with van der Waals surface area (Å²) in [6.07, 6.45) is 1.69. The molecule has 1 saturated heterocycles. The molecule has 4 nitrogen and oxygen atoms in total. The van der Waals surface area contributed by atoms with Gasteiger partial charge in [0, 0.05) is 0 Å². The lowest BCUT2D eigenvalue weighted by atomic mass is 10.0. The van der Waals surface area contributed by atoms with E-state index in [-0.39, 0.29) is 18.0 Å². The van der Waals surface area contributed by atoms with Gasteiger partial charge in [-0.2, -0.15) is 0 Å². The molecular weight excluding hydrogens is 294 g/mol. The first-order valence-electron chi connectivity index (χ1n) is 8.07. The Kier molecular flexibility index (Phi) is 4.16. The molecule has 2 N–H and O–H groups in total. The molecule has 1 amide bonds. The maximum atomic E-state index is 12.3. The third-order valence-corrected chi connectivity index (χ3v) is 5.04. The third-order valence-electron chi connectivity index (χ3n) is 4.06. The monoisotopic (exact) mass is 316 g/mol. The predicted molar refractivity (Wildman–Crippen MR) is 89.9 cm³/mol. The van der Waals surface area contributed by atoms with Crippen LogP contribution in [0.25, 0.3) is 10.4 Å².